The third-order valence-electron chi connectivity index (χ3n) is 12.8. The molecule has 0 aliphatic carbocycles. The Morgan fingerprint density at radius 2 is 0.797 bits per heavy atom. The number of hydrazone groups is 1. The van der Waals surface area contributed by atoms with Crippen LogP contribution in [0.5, 0.6) is 0 Å². The summed E-state index contributed by atoms with van der Waals surface area (Å²) in [6.07, 6.45) is 0. The number of amidine groups is 1. The van der Waals surface area contributed by atoms with Crippen LogP contribution in [0.4, 0.5) is 11.4 Å². The van der Waals surface area contributed by atoms with E-state index in [1.807, 2.05) is 12.1 Å². The summed E-state index contributed by atoms with van der Waals surface area (Å²) in [6.45, 7) is 16.0. The van der Waals surface area contributed by atoms with E-state index in [0.717, 1.165) is 78.3 Å². The molecule has 1 aromatic heterocycles. The molecular formula is C64H56AuN4-2. The predicted octanol–water partition coefficient (Wildman–Crippen LogP) is 16.7. The van der Waals surface area contributed by atoms with Gasteiger partial charge >= 0.3 is 0 Å². The Bertz CT molecular complexity index is 3180. The third-order valence-corrected chi connectivity index (χ3v) is 12.8. The molecule has 2 heterocycles. The first-order chi connectivity index (χ1) is 33.0. The van der Waals surface area contributed by atoms with Gasteiger partial charge < -0.3 is 14.9 Å². The zero-order valence-corrected chi connectivity index (χ0v) is 42.2. The second-order valence-electron chi connectivity index (χ2n) is 19.6. The average Bonchev–Trinajstić information content (AvgIpc) is 3.99. The summed E-state index contributed by atoms with van der Waals surface area (Å²) in [5.41, 5.74) is 17.0. The second-order valence-corrected chi connectivity index (χ2v) is 19.6. The molecule has 5 heteroatoms. The van der Waals surface area contributed by atoms with Crippen molar-refractivity contribution in [3.05, 3.63) is 248 Å². The maximum absolute atomic E-state index is 5.59. The molecule has 0 fully saturated rings. The van der Waals surface area contributed by atoms with Crippen LogP contribution in [0.15, 0.2) is 230 Å². The summed E-state index contributed by atoms with van der Waals surface area (Å²) in [7, 11) is 0. The van der Waals surface area contributed by atoms with Gasteiger partial charge in [-0.1, -0.05) is 236 Å². The number of rotatable bonds is 7. The van der Waals surface area contributed by atoms with E-state index in [1.54, 1.807) is 0 Å². The monoisotopic (exact) mass is 1080 g/mol. The van der Waals surface area contributed by atoms with E-state index in [4.69, 9.17) is 5.10 Å². The zero-order chi connectivity index (χ0) is 46.8. The number of para-hydroxylation sites is 3. The van der Waals surface area contributed by atoms with Gasteiger partial charge in [-0.2, -0.15) is 5.10 Å². The molecule has 4 nitrogen and oxygen atoms in total. The Balaban J connectivity index is 0.000000362. The van der Waals surface area contributed by atoms with Crippen LogP contribution in [0.25, 0.3) is 66.3 Å². The molecule has 0 saturated carbocycles. The minimum Gasteiger partial charge on any atom is -0.657 e. The smallest absolute Gasteiger partial charge is 0.129 e. The fourth-order valence-electron chi connectivity index (χ4n) is 9.02. The van der Waals surface area contributed by atoms with Crippen LogP contribution < -0.4 is 14.9 Å². The van der Waals surface area contributed by atoms with Crippen LogP contribution in [0.1, 0.15) is 58.2 Å². The fourth-order valence-corrected chi connectivity index (χ4v) is 9.02. The molecule has 0 N–H and O–H groups in total. The topological polar surface area (TPSA) is 32.9 Å². The molecule has 69 heavy (non-hydrogen) atoms. The second kappa shape index (κ2) is 19.8. The molecule has 11 rings (SSSR count). The van der Waals surface area contributed by atoms with E-state index in [0.29, 0.717) is 0 Å². The minimum absolute atomic E-state index is 0. The van der Waals surface area contributed by atoms with Gasteiger partial charge in [-0.15, -0.1) is 17.7 Å². The first-order valence-corrected chi connectivity index (χ1v) is 23.6. The summed E-state index contributed by atoms with van der Waals surface area (Å²) in [5, 5.41) is 10.2. The zero-order valence-electron chi connectivity index (χ0n) is 40.0. The van der Waals surface area contributed by atoms with Gasteiger partial charge in [0.2, 0.25) is 0 Å². The van der Waals surface area contributed by atoms with E-state index < -0.39 is 0 Å². The van der Waals surface area contributed by atoms with Crippen molar-refractivity contribution in [1.82, 2.24) is 4.98 Å². The molecule has 0 amide bonds. The number of benzene rings is 9. The molecule has 0 saturated heterocycles. The maximum Gasteiger partial charge on any atom is 0.129 e. The van der Waals surface area contributed by atoms with Crippen molar-refractivity contribution in [2.45, 2.75) is 52.4 Å². The summed E-state index contributed by atoms with van der Waals surface area (Å²) < 4.78 is 0. The Kier molecular flexibility index (Phi) is 13.4. The van der Waals surface area contributed by atoms with Gasteiger partial charge in [-0.05, 0) is 96.4 Å². The molecule has 0 spiro atoms. The van der Waals surface area contributed by atoms with Crippen LogP contribution in [-0.4, -0.2) is 5.84 Å². The summed E-state index contributed by atoms with van der Waals surface area (Å²) in [5.74, 6) is 0.878. The van der Waals surface area contributed by atoms with Crippen molar-refractivity contribution in [1.29, 1.82) is 0 Å². The quantitative estimate of drug-likeness (QED) is 0.118. The summed E-state index contributed by atoms with van der Waals surface area (Å²) in [4.78, 5) is 6.84. The van der Waals surface area contributed by atoms with E-state index in [-0.39, 0.29) is 33.2 Å². The van der Waals surface area contributed by atoms with Crippen molar-refractivity contribution in [2.24, 2.45) is 5.10 Å². The Labute approximate surface area is 423 Å². The molecule has 1 aliphatic heterocycles. The number of fused-ring (bicyclic) bond motifs is 3. The molecule has 345 valence electrons. The first kappa shape index (κ1) is 46.9. The van der Waals surface area contributed by atoms with Crippen molar-refractivity contribution >= 4 is 39.0 Å². The van der Waals surface area contributed by atoms with Crippen molar-refractivity contribution in [3.63, 3.8) is 0 Å². The molecule has 9 aromatic carbocycles. The van der Waals surface area contributed by atoms with Gasteiger partial charge in [0.15, 0.2) is 0 Å². The van der Waals surface area contributed by atoms with Gasteiger partial charge in [-0.3, -0.25) is 0 Å². The van der Waals surface area contributed by atoms with E-state index in [9.17, 15) is 0 Å². The SMILES string of the molecule is CC(C)(C)c1cc(C2=NN(c3cc(-c4ccccc4)cc(-c4ccccc4)c3)[CH-]N2c2c(-c3ccccc3)cccc2-c2ccccc2)cc(C(C)(C)C)c1.[Au].c1ccc2c(c1)[n-]c1ccccc12. The van der Waals surface area contributed by atoms with Gasteiger partial charge in [0.1, 0.15) is 5.84 Å². The normalized spacial score (nSPS) is 12.6. The number of hydrogen-bond acceptors (Lipinski definition) is 3. The molecular weight excluding hydrogens is 1020 g/mol. The molecule has 10 aromatic rings. The van der Waals surface area contributed by atoms with Gasteiger partial charge in [0, 0.05) is 50.4 Å². The molecule has 0 bridgehead atoms. The average molecular weight is 1080 g/mol. The molecule has 1 aliphatic rings. The molecule has 1 radical (unpaired) electrons. The Morgan fingerprint density at radius 3 is 1.23 bits per heavy atom. The maximum atomic E-state index is 5.59. The number of nitrogens with zero attached hydrogens (tertiary/aromatic N) is 4. The molecule has 0 unspecified atom stereocenters. The molecule has 0 atom stereocenters. The first-order valence-electron chi connectivity index (χ1n) is 23.6. The van der Waals surface area contributed by atoms with Gasteiger partial charge in [-0.25, -0.2) is 0 Å². The largest absolute Gasteiger partial charge is 0.657 e. The summed E-state index contributed by atoms with van der Waals surface area (Å²) in [6, 6.07) is 79.7. The standard InChI is InChI=1S/C52H48N3.C12H8N.Au/c1-51(2,3)44-31-43(32-45(35-44)52(4,5)6)50-53-55(46-33-41(37-20-11-7-12-21-37)30-42(34-46)38-22-13-8-14-23-38)36-54(50)49-47(39-24-15-9-16-25-39)28-19-29-48(49)40-26-17-10-18-27-40;1-3-7-11-9(5-1)10-6-2-4-8-12(10)13-11;/h7-36H,1-6H3;1-8H;/q2*-1;. The Hall–Kier alpha value is -7.21. The van der Waals surface area contributed by atoms with E-state index in [2.05, 4.69) is 275 Å². The predicted molar refractivity (Wildman–Crippen MR) is 289 cm³/mol. The van der Waals surface area contributed by atoms with Crippen LogP contribution in [0, 0.1) is 6.67 Å². The van der Waals surface area contributed by atoms with Crippen molar-refractivity contribution < 1.29 is 22.4 Å². The Morgan fingerprint density at radius 1 is 0.391 bits per heavy atom. The fraction of sp³-hybridized carbons (Fsp3) is 0.125. The van der Waals surface area contributed by atoms with Gasteiger partial charge in [0.25, 0.3) is 0 Å². The minimum atomic E-state index is -0.0604. The number of aromatic nitrogens is 1. The van der Waals surface area contributed by atoms with Crippen LogP contribution >= 0.6 is 0 Å². The van der Waals surface area contributed by atoms with Crippen molar-refractivity contribution in [3.8, 4) is 44.5 Å². The van der Waals surface area contributed by atoms with E-state index in [1.165, 1.54) is 21.9 Å². The van der Waals surface area contributed by atoms with Gasteiger partial charge in [0.05, 0.1) is 0 Å². The third kappa shape index (κ3) is 10.0. The van der Waals surface area contributed by atoms with Crippen LogP contribution in [0.3, 0.4) is 0 Å². The number of hydrogen-bond donors (Lipinski definition) is 0. The van der Waals surface area contributed by atoms with Crippen LogP contribution in [-0.2, 0) is 33.2 Å². The van der Waals surface area contributed by atoms with Crippen LogP contribution in [0.2, 0.25) is 0 Å². The van der Waals surface area contributed by atoms with Crippen molar-refractivity contribution in [2.75, 3.05) is 9.91 Å². The van der Waals surface area contributed by atoms with E-state index >= 15 is 0 Å². The number of anilines is 2. The summed E-state index contributed by atoms with van der Waals surface area (Å²) >= 11 is 0.